The van der Waals surface area contributed by atoms with Crippen LogP contribution in [-0.2, 0) is 0 Å². The van der Waals surface area contributed by atoms with Crippen molar-refractivity contribution < 1.29 is 4.79 Å². The Bertz CT molecular complexity index is 823. The molecule has 0 N–H and O–H groups in total. The van der Waals surface area contributed by atoms with Gasteiger partial charge in [0.2, 0.25) is 0 Å². The Morgan fingerprint density at radius 3 is 2.26 bits per heavy atom. The number of nitrogens with zero attached hydrogens (tertiary/aromatic N) is 3. The molecular formula is C17H20ClN3O2. The van der Waals surface area contributed by atoms with Crippen molar-refractivity contribution >= 4 is 23.5 Å². The monoisotopic (exact) mass is 333 g/mol. The predicted molar refractivity (Wildman–Crippen MR) is 93.9 cm³/mol. The van der Waals surface area contributed by atoms with Crippen LogP contribution in [0.4, 0.5) is 0 Å². The highest BCUT2D eigenvalue weighted by Crippen LogP contribution is 2.13. The average Bonchev–Trinajstić information content (AvgIpc) is 3.00. The highest BCUT2D eigenvalue weighted by Gasteiger charge is 2.13. The van der Waals surface area contributed by atoms with E-state index in [2.05, 4.69) is 4.98 Å². The van der Waals surface area contributed by atoms with Crippen LogP contribution >= 0.6 is 11.6 Å². The highest BCUT2D eigenvalue weighted by atomic mass is 35.5. The molecule has 6 heteroatoms. The van der Waals surface area contributed by atoms with Gasteiger partial charge in [0.25, 0.3) is 0 Å². The fourth-order valence-corrected chi connectivity index (χ4v) is 2.17. The first-order valence-electron chi connectivity index (χ1n) is 7.52. The highest BCUT2D eigenvalue weighted by molar-refractivity contribution is 6.29. The maximum Gasteiger partial charge on any atom is 0.340 e. The molecule has 0 aliphatic rings. The fourth-order valence-electron chi connectivity index (χ4n) is 1.97. The van der Waals surface area contributed by atoms with Crippen molar-refractivity contribution in [3.05, 3.63) is 63.9 Å². The fraction of sp³-hybridized carbons (Fsp3) is 0.235. The Morgan fingerprint density at radius 1 is 1.09 bits per heavy atom. The molecule has 0 amide bonds. The molecule has 2 heterocycles. The number of aldehydes is 1. The van der Waals surface area contributed by atoms with Crippen molar-refractivity contribution in [2.24, 2.45) is 0 Å². The van der Waals surface area contributed by atoms with Crippen LogP contribution in [0.2, 0.25) is 5.15 Å². The summed E-state index contributed by atoms with van der Waals surface area (Å²) in [5, 5.41) is 0.210. The number of rotatable bonds is 2. The molecule has 0 radical (unpaired) electrons. The lowest BCUT2D eigenvalue weighted by molar-refractivity contribution is 0.111. The number of imidazole rings is 1. The first-order valence-corrected chi connectivity index (χ1v) is 7.90. The molecule has 5 nitrogen and oxygen atoms in total. The summed E-state index contributed by atoms with van der Waals surface area (Å²) in [6.07, 6.45) is 2.00. The van der Waals surface area contributed by atoms with E-state index in [1.807, 2.05) is 33.8 Å². The van der Waals surface area contributed by atoms with Crippen molar-refractivity contribution in [2.75, 3.05) is 0 Å². The zero-order valence-electron chi connectivity index (χ0n) is 13.7. The van der Waals surface area contributed by atoms with E-state index in [-0.39, 0.29) is 10.8 Å². The Kier molecular flexibility index (Phi) is 7.22. The maximum atomic E-state index is 12.4. The number of aromatic nitrogens is 3. The average molecular weight is 334 g/mol. The first-order chi connectivity index (χ1) is 11.2. The molecule has 0 aliphatic heterocycles. The third kappa shape index (κ3) is 3.68. The number of hydrogen-bond donors (Lipinski definition) is 0. The van der Waals surface area contributed by atoms with Crippen LogP contribution in [0, 0.1) is 0 Å². The lowest BCUT2D eigenvalue weighted by atomic mass is 10.3. The minimum Gasteiger partial charge on any atom is -0.296 e. The first kappa shape index (κ1) is 18.6. The summed E-state index contributed by atoms with van der Waals surface area (Å²) in [5.41, 5.74) is 0.754. The van der Waals surface area contributed by atoms with Gasteiger partial charge in [-0.05, 0) is 12.1 Å². The van der Waals surface area contributed by atoms with E-state index in [0.717, 1.165) is 0 Å². The second-order valence-corrected chi connectivity index (χ2v) is 4.30. The molecule has 1 aromatic carbocycles. The molecular weight excluding hydrogens is 314 g/mol. The van der Waals surface area contributed by atoms with Crippen LogP contribution in [-0.4, -0.2) is 20.2 Å². The van der Waals surface area contributed by atoms with E-state index in [1.54, 1.807) is 24.3 Å². The maximum absolute atomic E-state index is 12.4. The van der Waals surface area contributed by atoms with Crippen LogP contribution in [0.1, 0.15) is 38.2 Å². The van der Waals surface area contributed by atoms with E-state index in [0.29, 0.717) is 17.6 Å². The zero-order chi connectivity index (χ0) is 17.4. The lowest BCUT2D eigenvalue weighted by Crippen LogP contribution is -2.27. The van der Waals surface area contributed by atoms with Gasteiger partial charge in [-0.3, -0.25) is 9.36 Å². The molecule has 0 spiro atoms. The molecule has 122 valence electrons. The SMILES string of the molecule is CC.CC.O=Cc1cc2ncc(Cl)n2c(=O)n1-c1ccccc1. The lowest BCUT2D eigenvalue weighted by Gasteiger charge is -2.09. The van der Waals surface area contributed by atoms with Crippen LogP contribution in [0.3, 0.4) is 0 Å². The molecule has 3 aromatic rings. The van der Waals surface area contributed by atoms with E-state index in [4.69, 9.17) is 11.6 Å². The van der Waals surface area contributed by atoms with Gasteiger partial charge in [-0.2, -0.15) is 0 Å². The standard InChI is InChI=1S/C13H8ClN3O2.2C2H6/c14-11-7-15-12-6-10(8-18)16(13(19)17(11)12)9-4-2-1-3-5-9;2*1-2/h1-8H;2*1-2H3. The number of carbonyl (C=O) groups excluding carboxylic acids is 1. The summed E-state index contributed by atoms with van der Waals surface area (Å²) >= 11 is 5.93. The Morgan fingerprint density at radius 2 is 1.70 bits per heavy atom. The van der Waals surface area contributed by atoms with Gasteiger partial charge in [0, 0.05) is 6.07 Å². The largest absolute Gasteiger partial charge is 0.340 e. The van der Waals surface area contributed by atoms with Gasteiger partial charge >= 0.3 is 5.69 Å². The molecule has 0 unspecified atom stereocenters. The molecule has 0 bridgehead atoms. The molecule has 23 heavy (non-hydrogen) atoms. The van der Waals surface area contributed by atoms with Gasteiger partial charge < -0.3 is 0 Å². The van der Waals surface area contributed by atoms with Crippen LogP contribution in [0.15, 0.2) is 47.4 Å². The van der Waals surface area contributed by atoms with Crippen LogP contribution in [0.5, 0.6) is 0 Å². The van der Waals surface area contributed by atoms with Gasteiger partial charge in [-0.25, -0.2) is 14.2 Å². The molecule has 0 saturated heterocycles. The van der Waals surface area contributed by atoms with E-state index in [1.165, 1.54) is 21.2 Å². The number of carbonyl (C=O) groups is 1. The van der Waals surface area contributed by atoms with E-state index < -0.39 is 5.69 Å². The summed E-state index contributed by atoms with van der Waals surface area (Å²) in [4.78, 5) is 27.6. The number of hydrogen-bond acceptors (Lipinski definition) is 3. The van der Waals surface area contributed by atoms with E-state index >= 15 is 0 Å². The molecule has 2 aromatic heterocycles. The summed E-state index contributed by atoms with van der Waals surface area (Å²) in [7, 11) is 0. The Labute approximate surface area is 140 Å². The van der Waals surface area contributed by atoms with Gasteiger partial charge in [0.05, 0.1) is 17.6 Å². The predicted octanol–water partition coefficient (Wildman–Crippen LogP) is 4.00. The molecule has 0 saturated carbocycles. The minimum atomic E-state index is -0.423. The summed E-state index contributed by atoms with van der Waals surface area (Å²) < 4.78 is 2.55. The molecule has 0 aliphatic carbocycles. The van der Waals surface area contributed by atoms with Gasteiger partial charge in [0.15, 0.2) is 6.29 Å². The molecule has 3 rings (SSSR count). The second kappa shape index (κ2) is 8.90. The van der Waals surface area contributed by atoms with Gasteiger partial charge in [0.1, 0.15) is 10.8 Å². The van der Waals surface area contributed by atoms with Crippen molar-refractivity contribution in [3.63, 3.8) is 0 Å². The normalized spacial score (nSPS) is 9.43. The topological polar surface area (TPSA) is 56.4 Å². The number of benzene rings is 1. The Balaban J connectivity index is 0.000000615. The minimum absolute atomic E-state index is 0.210. The van der Waals surface area contributed by atoms with Gasteiger partial charge in [-0.1, -0.05) is 57.5 Å². The number of halogens is 1. The quantitative estimate of drug-likeness (QED) is 0.666. The Hall–Kier alpha value is -2.40. The van der Waals surface area contributed by atoms with E-state index in [9.17, 15) is 9.59 Å². The summed E-state index contributed by atoms with van der Waals surface area (Å²) in [6.45, 7) is 8.00. The van der Waals surface area contributed by atoms with Crippen molar-refractivity contribution in [1.29, 1.82) is 0 Å². The summed E-state index contributed by atoms with van der Waals surface area (Å²) in [5.74, 6) is 0. The zero-order valence-corrected chi connectivity index (χ0v) is 14.4. The van der Waals surface area contributed by atoms with Crippen molar-refractivity contribution in [1.82, 2.24) is 14.0 Å². The van der Waals surface area contributed by atoms with Crippen molar-refractivity contribution in [2.45, 2.75) is 27.7 Å². The summed E-state index contributed by atoms with van der Waals surface area (Å²) in [6, 6.07) is 10.4. The number of para-hydroxylation sites is 1. The third-order valence-corrected chi connectivity index (χ3v) is 3.07. The van der Waals surface area contributed by atoms with Crippen LogP contribution in [0.25, 0.3) is 11.3 Å². The number of fused-ring (bicyclic) bond motifs is 1. The van der Waals surface area contributed by atoms with Crippen LogP contribution < -0.4 is 5.69 Å². The molecule has 0 fully saturated rings. The second-order valence-electron chi connectivity index (χ2n) is 3.92. The molecule has 0 atom stereocenters. The smallest absolute Gasteiger partial charge is 0.296 e. The van der Waals surface area contributed by atoms with Gasteiger partial charge in [-0.15, -0.1) is 0 Å². The van der Waals surface area contributed by atoms with Crippen molar-refractivity contribution in [3.8, 4) is 5.69 Å². The third-order valence-electron chi connectivity index (χ3n) is 2.80.